The molecule has 0 bridgehead atoms. The van der Waals surface area contributed by atoms with Gasteiger partial charge in [0.25, 0.3) is 5.91 Å². The molecule has 110 valence electrons. The zero-order valence-electron chi connectivity index (χ0n) is 11.4. The number of furan rings is 1. The van der Waals surface area contributed by atoms with Crippen molar-refractivity contribution in [2.45, 2.75) is 5.37 Å². The Morgan fingerprint density at radius 1 is 1.43 bits per heavy atom. The SMILES string of the molecule is COc1cccc(C2SCCN2C(=O)c2ccc(Br)o2)c1. The van der Waals surface area contributed by atoms with Crippen molar-refractivity contribution in [3.05, 3.63) is 52.4 Å². The molecule has 1 saturated heterocycles. The van der Waals surface area contributed by atoms with Gasteiger partial charge in [-0.05, 0) is 45.8 Å². The molecule has 4 nitrogen and oxygen atoms in total. The number of carbonyl (C=O) groups excluding carboxylic acids is 1. The van der Waals surface area contributed by atoms with Gasteiger partial charge in [0.05, 0.1) is 7.11 Å². The van der Waals surface area contributed by atoms with Gasteiger partial charge in [-0.25, -0.2) is 0 Å². The monoisotopic (exact) mass is 367 g/mol. The van der Waals surface area contributed by atoms with Crippen LogP contribution in [-0.4, -0.2) is 30.2 Å². The number of methoxy groups -OCH3 is 1. The molecule has 3 rings (SSSR count). The Morgan fingerprint density at radius 3 is 3.00 bits per heavy atom. The molecule has 1 fully saturated rings. The number of hydrogen-bond donors (Lipinski definition) is 0. The third-order valence-corrected chi connectivity index (χ3v) is 5.00. The fraction of sp³-hybridized carbons (Fsp3) is 0.267. The van der Waals surface area contributed by atoms with Gasteiger partial charge in [-0.2, -0.15) is 0 Å². The van der Waals surface area contributed by atoms with E-state index >= 15 is 0 Å². The lowest BCUT2D eigenvalue weighted by atomic mass is 10.2. The maximum absolute atomic E-state index is 12.6. The van der Waals surface area contributed by atoms with Crippen LogP contribution in [0.5, 0.6) is 5.75 Å². The number of nitrogens with zero attached hydrogens (tertiary/aromatic N) is 1. The van der Waals surface area contributed by atoms with Gasteiger partial charge in [0.1, 0.15) is 11.1 Å². The first kappa shape index (κ1) is 14.5. The predicted molar refractivity (Wildman–Crippen MR) is 85.6 cm³/mol. The Balaban J connectivity index is 1.86. The molecular formula is C15H14BrNO3S. The van der Waals surface area contributed by atoms with Crippen LogP contribution in [-0.2, 0) is 0 Å². The van der Waals surface area contributed by atoms with Crippen LogP contribution in [0, 0.1) is 0 Å². The van der Waals surface area contributed by atoms with E-state index in [0.717, 1.165) is 17.1 Å². The Kier molecular flexibility index (Phi) is 4.26. The summed E-state index contributed by atoms with van der Waals surface area (Å²) in [7, 11) is 1.64. The summed E-state index contributed by atoms with van der Waals surface area (Å²) >= 11 is 4.98. The van der Waals surface area contributed by atoms with Gasteiger partial charge in [-0.15, -0.1) is 11.8 Å². The lowest BCUT2D eigenvalue weighted by Gasteiger charge is -2.23. The van der Waals surface area contributed by atoms with E-state index in [1.807, 2.05) is 29.2 Å². The van der Waals surface area contributed by atoms with E-state index in [1.54, 1.807) is 31.0 Å². The highest BCUT2D eigenvalue weighted by Crippen LogP contribution is 2.39. The van der Waals surface area contributed by atoms with Gasteiger partial charge in [0.2, 0.25) is 0 Å². The van der Waals surface area contributed by atoms with Gasteiger partial charge in [-0.1, -0.05) is 12.1 Å². The molecule has 6 heteroatoms. The van der Waals surface area contributed by atoms with Crippen LogP contribution in [0.1, 0.15) is 21.5 Å². The minimum absolute atomic E-state index is 0.00326. The first-order chi connectivity index (χ1) is 10.2. The first-order valence-electron chi connectivity index (χ1n) is 6.51. The second-order valence-corrected chi connectivity index (χ2v) is 6.57. The number of rotatable bonds is 3. The molecule has 1 aliphatic rings. The smallest absolute Gasteiger partial charge is 0.290 e. The third kappa shape index (κ3) is 2.96. The van der Waals surface area contributed by atoms with Crippen molar-refractivity contribution in [3.8, 4) is 5.75 Å². The highest BCUT2D eigenvalue weighted by Gasteiger charge is 2.32. The van der Waals surface area contributed by atoms with Crippen molar-refractivity contribution in [1.82, 2.24) is 4.90 Å². The largest absolute Gasteiger partial charge is 0.497 e. The average molecular weight is 368 g/mol. The second-order valence-electron chi connectivity index (χ2n) is 4.60. The molecule has 2 heterocycles. The molecule has 1 atom stereocenters. The average Bonchev–Trinajstić information content (AvgIpc) is 3.15. The summed E-state index contributed by atoms with van der Waals surface area (Å²) < 4.78 is 11.2. The van der Waals surface area contributed by atoms with Gasteiger partial charge < -0.3 is 14.1 Å². The van der Waals surface area contributed by atoms with Crippen LogP contribution in [0.15, 0.2) is 45.5 Å². The van der Waals surface area contributed by atoms with E-state index in [1.165, 1.54) is 0 Å². The van der Waals surface area contributed by atoms with E-state index in [-0.39, 0.29) is 11.3 Å². The summed E-state index contributed by atoms with van der Waals surface area (Å²) in [4.78, 5) is 14.4. The number of benzene rings is 1. The van der Waals surface area contributed by atoms with Crippen molar-refractivity contribution in [2.75, 3.05) is 19.4 Å². The fourth-order valence-electron chi connectivity index (χ4n) is 2.32. The van der Waals surface area contributed by atoms with Crippen molar-refractivity contribution < 1.29 is 13.9 Å². The van der Waals surface area contributed by atoms with Crippen LogP contribution in [0.2, 0.25) is 0 Å². The van der Waals surface area contributed by atoms with Crippen LogP contribution in [0.3, 0.4) is 0 Å². The molecule has 1 unspecified atom stereocenters. The lowest BCUT2D eigenvalue weighted by Crippen LogP contribution is -2.30. The number of halogens is 1. The van der Waals surface area contributed by atoms with Crippen LogP contribution in [0.4, 0.5) is 0 Å². The van der Waals surface area contributed by atoms with Gasteiger partial charge in [-0.3, -0.25) is 4.79 Å². The summed E-state index contributed by atoms with van der Waals surface area (Å²) in [6.07, 6.45) is 0. The number of ether oxygens (including phenoxy) is 1. The number of amides is 1. The summed E-state index contributed by atoms with van der Waals surface area (Å²) in [6, 6.07) is 11.3. The normalized spacial score (nSPS) is 18.0. The number of thioether (sulfide) groups is 1. The van der Waals surface area contributed by atoms with E-state index in [2.05, 4.69) is 15.9 Å². The molecule has 21 heavy (non-hydrogen) atoms. The number of hydrogen-bond acceptors (Lipinski definition) is 4. The Labute approximate surface area is 135 Å². The second kappa shape index (κ2) is 6.15. The fourth-order valence-corrected chi connectivity index (χ4v) is 3.87. The summed E-state index contributed by atoms with van der Waals surface area (Å²) in [5, 5.41) is -0.00326. The van der Waals surface area contributed by atoms with Gasteiger partial charge >= 0.3 is 0 Å². The van der Waals surface area contributed by atoms with Gasteiger partial charge in [0.15, 0.2) is 10.4 Å². The van der Waals surface area contributed by atoms with Gasteiger partial charge in [0, 0.05) is 12.3 Å². The maximum Gasteiger partial charge on any atom is 0.290 e. The minimum Gasteiger partial charge on any atom is -0.497 e. The molecule has 1 aromatic carbocycles. The van der Waals surface area contributed by atoms with Crippen molar-refractivity contribution in [2.24, 2.45) is 0 Å². The van der Waals surface area contributed by atoms with E-state index in [0.29, 0.717) is 17.0 Å². The van der Waals surface area contributed by atoms with E-state index in [4.69, 9.17) is 9.15 Å². The minimum atomic E-state index is -0.0847. The molecule has 0 N–H and O–H groups in total. The first-order valence-corrected chi connectivity index (χ1v) is 8.35. The molecular weight excluding hydrogens is 354 g/mol. The van der Waals surface area contributed by atoms with Crippen molar-refractivity contribution >= 4 is 33.6 Å². The van der Waals surface area contributed by atoms with E-state index < -0.39 is 0 Å². The Hall–Kier alpha value is -1.40. The Morgan fingerprint density at radius 2 is 2.29 bits per heavy atom. The quantitative estimate of drug-likeness (QED) is 0.823. The molecule has 1 aliphatic heterocycles. The van der Waals surface area contributed by atoms with Crippen LogP contribution < -0.4 is 4.74 Å². The van der Waals surface area contributed by atoms with Crippen molar-refractivity contribution in [3.63, 3.8) is 0 Å². The molecule has 0 radical (unpaired) electrons. The number of carbonyl (C=O) groups is 1. The molecule has 1 aromatic heterocycles. The topological polar surface area (TPSA) is 42.7 Å². The van der Waals surface area contributed by atoms with Crippen LogP contribution >= 0.6 is 27.7 Å². The third-order valence-electron chi connectivity index (χ3n) is 3.31. The summed E-state index contributed by atoms with van der Waals surface area (Å²) in [5.74, 6) is 1.99. The van der Waals surface area contributed by atoms with Crippen LogP contribution in [0.25, 0.3) is 0 Å². The van der Waals surface area contributed by atoms with Crippen molar-refractivity contribution in [1.29, 1.82) is 0 Å². The molecule has 0 spiro atoms. The highest BCUT2D eigenvalue weighted by atomic mass is 79.9. The zero-order chi connectivity index (χ0) is 14.8. The maximum atomic E-state index is 12.6. The zero-order valence-corrected chi connectivity index (χ0v) is 13.8. The van der Waals surface area contributed by atoms with E-state index in [9.17, 15) is 4.79 Å². The predicted octanol–water partition coefficient (Wildman–Crippen LogP) is 3.94. The highest BCUT2D eigenvalue weighted by molar-refractivity contribution is 9.10. The summed E-state index contributed by atoms with van der Waals surface area (Å²) in [6.45, 7) is 0.712. The standard InChI is InChI=1S/C15H14BrNO3S/c1-19-11-4-2-3-10(9-11)15-17(7-8-21-15)14(18)12-5-6-13(16)20-12/h2-6,9,15H,7-8H2,1H3. The Bertz CT molecular complexity index is 658. The molecule has 0 aliphatic carbocycles. The lowest BCUT2D eigenvalue weighted by molar-refractivity contribution is 0.0726. The molecule has 1 amide bonds. The molecule has 0 saturated carbocycles. The molecule has 2 aromatic rings. The summed E-state index contributed by atoms with van der Waals surface area (Å²) in [5.41, 5.74) is 1.07.